The lowest BCUT2D eigenvalue weighted by molar-refractivity contribution is -0.135. The fraction of sp³-hybridized carbons (Fsp3) is 0.625. The Morgan fingerprint density at radius 1 is 1.07 bits per heavy atom. The second-order valence-corrected chi connectivity index (χ2v) is 13.0. The summed E-state index contributed by atoms with van der Waals surface area (Å²) in [6, 6.07) is 0. The fourth-order valence-corrected chi connectivity index (χ4v) is 6.97. The molecule has 5 rings (SSSR count). The molecule has 228 valence electrons. The number of piperidine rings is 1. The maximum Gasteiger partial charge on any atom is 0.248 e. The van der Waals surface area contributed by atoms with Crippen LogP contribution in [0.4, 0.5) is 0 Å². The Morgan fingerprint density at radius 3 is 2.26 bits per heavy atom. The standard InChI is InChI=1S/C32H47N7O3/c1-24(2)18-37-12-5-32(6-13-37)7-14-38(23-32)19-25-3-4-27(28(41)15-25)21-39(31(42)22-40)20-26(16-29-33-8-9-34-29)17-30-35-10-11-36-30/h3-4,8-11,15,24,26-27,40H,5-7,12-14,16-23H2,1-2H3,(H,33,34)(H,35,36). The molecule has 10 nitrogen and oxygen atoms in total. The van der Waals surface area contributed by atoms with Gasteiger partial charge in [-0.2, -0.15) is 0 Å². The normalized spacial score (nSPS) is 21.1. The summed E-state index contributed by atoms with van der Waals surface area (Å²) >= 11 is 0. The van der Waals surface area contributed by atoms with Crippen LogP contribution in [0.1, 0.15) is 44.8 Å². The van der Waals surface area contributed by atoms with E-state index in [1.54, 1.807) is 35.8 Å². The van der Waals surface area contributed by atoms with Crippen molar-refractivity contribution in [1.29, 1.82) is 0 Å². The molecule has 0 saturated carbocycles. The van der Waals surface area contributed by atoms with E-state index in [4.69, 9.17) is 0 Å². The number of H-pyrrole nitrogens is 2. The highest BCUT2D eigenvalue weighted by Crippen LogP contribution is 2.40. The molecule has 1 atom stereocenters. The third-order valence-corrected chi connectivity index (χ3v) is 9.16. The van der Waals surface area contributed by atoms with Crippen LogP contribution in [0.15, 0.2) is 48.6 Å². The first-order chi connectivity index (χ1) is 20.3. The lowest BCUT2D eigenvalue weighted by Crippen LogP contribution is -2.43. The van der Waals surface area contributed by atoms with Gasteiger partial charge in [-0.15, -0.1) is 0 Å². The Balaban J connectivity index is 1.16. The third-order valence-electron chi connectivity index (χ3n) is 9.16. The number of nitrogens with one attached hydrogen (secondary N) is 2. The fourth-order valence-electron chi connectivity index (χ4n) is 6.97. The van der Waals surface area contributed by atoms with Gasteiger partial charge in [-0.1, -0.05) is 26.0 Å². The number of hydrogen-bond acceptors (Lipinski definition) is 7. The van der Waals surface area contributed by atoms with Gasteiger partial charge in [-0.3, -0.25) is 14.5 Å². The lowest BCUT2D eigenvalue weighted by Gasteiger charge is -2.40. The van der Waals surface area contributed by atoms with E-state index in [9.17, 15) is 14.7 Å². The molecule has 2 saturated heterocycles. The molecule has 42 heavy (non-hydrogen) atoms. The van der Waals surface area contributed by atoms with Gasteiger partial charge in [0.2, 0.25) is 5.91 Å². The molecule has 1 aliphatic carbocycles. The summed E-state index contributed by atoms with van der Waals surface area (Å²) in [7, 11) is 0. The summed E-state index contributed by atoms with van der Waals surface area (Å²) in [6.07, 6.45) is 17.8. The molecular formula is C32H47N7O3. The average molecular weight is 578 g/mol. The summed E-state index contributed by atoms with van der Waals surface area (Å²) in [5, 5.41) is 9.73. The molecule has 0 radical (unpaired) electrons. The van der Waals surface area contributed by atoms with Gasteiger partial charge < -0.3 is 24.9 Å². The van der Waals surface area contributed by atoms with Crippen LogP contribution >= 0.6 is 0 Å². The minimum atomic E-state index is -0.591. The van der Waals surface area contributed by atoms with Crippen molar-refractivity contribution in [2.75, 3.05) is 59.0 Å². The zero-order valence-corrected chi connectivity index (χ0v) is 25.2. The second-order valence-electron chi connectivity index (χ2n) is 13.0. The molecule has 0 aromatic carbocycles. The Hall–Kier alpha value is -3.08. The summed E-state index contributed by atoms with van der Waals surface area (Å²) in [5.41, 5.74) is 1.46. The van der Waals surface area contributed by atoms with Crippen molar-refractivity contribution >= 4 is 11.7 Å². The molecule has 2 aliphatic heterocycles. The van der Waals surface area contributed by atoms with Gasteiger partial charge in [0.1, 0.15) is 18.3 Å². The topological polar surface area (TPSA) is 121 Å². The molecule has 1 unspecified atom stereocenters. The average Bonchev–Trinajstić information content (AvgIpc) is 3.74. The number of aliphatic hydroxyl groups excluding tert-OH is 1. The number of nitrogens with zero attached hydrogens (tertiary/aromatic N) is 5. The number of ketones is 1. The summed E-state index contributed by atoms with van der Waals surface area (Å²) in [5.74, 6) is 1.59. The Morgan fingerprint density at radius 2 is 1.71 bits per heavy atom. The number of rotatable bonds is 13. The maximum atomic E-state index is 13.3. The molecule has 10 heteroatoms. The highest BCUT2D eigenvalue weighted by Gasteiger charge is 2.40. The molecule has 2 fully saturated rings. The van der Waals surface area contributed by atoms with E-state index in [2.05, 4.69) is 49.7 Å². The highest BCUT2D eigenvalue weighted by molar-refractivity contribution is 5.96. The number of aliphatic hydroxyl groups is 1. The van der Waals surface area contributed by atoms with Crippen LogP contribution in [0.25, 0.3) is 0 Å². The van der Waals surface area contributed by atoms with Crippen molar-refractivity contribution in [3.8, 4) is 0 Å². The van der Waals surface area contributed by atoms with Crippen LogP contribution in [-0.2, 0) is 22.4 Å². The molecule has 4 heterocycles. The van der Waals surface area contributed by atoms with E-state index >= 15 is 0 Å². The SMILES string of the molecule is CC(C)CN1CCC2(CC1)CCN(CC1=CC(=O)C(CN(CC(Cc3ncc[nH]3)Cc3ncc[nH]3)C(=O)CO)C=C1)C2. The largest absolute Gasteiger partial charge is 0.387 e. The summed E-state index contributed by atoms with van der Waals surface area (Å²) in [4.78, 5) is 47.8. The minimum Gasteiger partial charge on any atom is -0.387 e. The summed E-state index contributed by atoms with van der Waals surface area (Å²) < 4.78 is 0. The van der Waals surface area contributed by atoms with Crippen LogP contribution in [0.5, 0.6) is 0 Å². The van der Waals surface area contributed by atoms with Crippen LogP contribution in [0.2, 0.25) is 0 Å². The van der Waals surface area contributed by atoms with E-state index in [-0.39, 0.29) is 24.2 Å². The highest BCUT2D eigenvalue weighted by atomic mass is 16.3. The number of imidazole rings is 2. The quantitative estimate of drug-likeness (QED) is 0.334. The number of carbonyl (C=O) groups excluding carboxylic acids is 2. The minimum absolute atomic E-state index is 0.00584. The number of aromatic nitrogens is 4. The third kappa shape index (κ3) is 8.05. The van der Waals surface area contributed by atoms with Gasteiger partial charge in [0.15, 0.2) is 5.78 Å². The monoisotopic (exact) mass is 577 g/mol. The van der Waals surface area contributed by atoms with Crippen molar-refractivity contribution in [2.45, 2.75) is 46.0 Å². The van der Waals surface area contributed by atoms with Crippen molar-refractivity contribution < 1.29 is 14.7 Å². The zero-order valence-electron chi connectivity index (χ0n) is 25.2. The summed E-state index contributed by atoms with van der Waals surface area (Å²) in [6.45, 7) is 11.2. The zero-order chi connectivity index (χ0) is 29.5. The lowest BCUT2D eigenvalue weighted by atomic mass is 9.77. The Bertz CT molecular complexity index is 1180. The molecular weight excluding hydrogens is 530 g/mol. The van der Waals surface area contributed by atoms with Gasteiger partial charge >= 0.3 is 0 Å². The number of carbonyl (C=O) groups is 2. The molecule has 1 spiro atoms. The molecule has 3 N–H and O–H groups in total. The van der Waals surface area contributed by atoms with Gasteiger partial charge in [0.05, 0.1) is 5.92 Å². The van der Waals surface area contributed by atoms with Crippen molar-refractivity contribution in [3.05, 3.63) is 60.2 Å². The van der Waals surface area contributed by atoms with E-state index in [1.165, 1.54) is 38.9 Å². The van der Waals surface area contributed by atoms with E-state index in [0.717, 1.165) is 36.9 Å². The maximum absolute atomic E-state index is 13.3. The van der Waals surface area contributed by atoms with Gasteiger partial charge in [-0.25, -0.2) is 9.97 Å². The Kier molecular flexibility index (Phi) is 10.1. The number of allylic oxidation sites excluding steroid dienone is 1. The predicted octanol–water partition coefficient (Wildman–Crippen LogP) is 2.48. The van der Waals surface area contributed by atoms with Crippen LogP contribution in [0, 0.1) is 23.2 Å². The number of hydrogen-bond donors (Lipinski definition) is 3. The van der Waals surface area contributed by atoms with Gasteiger partial charge in [0, 0.05) is 70.4 Å². The molecule has 3 aliphatic rings. The van der Waals surface area contributed by atoms with Crippen molar-refractivity contribution in [2.24, 2.45) is 23.2 Å². The van der Waals surface area contributed by atoms with Crippen LogP contribution < -0.4 is 0 Å². The first-order valence-corrected chi connectivity index (χ1v) is 15.5. The van der Waals surface area contributed by atoms with E-state index in [1.807, 2.05) is 6.08 Å². The number of aromatic amines is 2. The van der Waals surface area contributed by atoms with Gasteiger partial charge in [0.25, 0.3) is 0 Å². The molecule has 1 amide bonds. The number of likely N-dealkylation sites (tertiary alicyclic amines) is 2. The smallest absolute Gasteiger partial charge is 0.248 e. The van der Waals surface area contributed by atoms with E-state index < -0.39 is 12.5 Å². The second kappa shape index (κ2) is 13.9. The Labute approximate surface area is 249 Å². The van der Waals surface area contributed by atoms with Crippen LogP contribution in [-0.4, -0.2) is 110 Å². The van der Waals surface area contributed by atoms with E-state index in [0.29, 0.717) is 30.7 Å². The molecule has 2 aromatic heterocycles. The molecule has 2 aromatic rings. The first kappa shape index (κ1) is 30.4. The van der Waals surface area contributed by atoms with Crippen molar-refractivity contribution in [1.82, 2.24) is 34.6 Å². The first-order valence-electron chi connectivity index (χ1n) is 15.5. The van der Waals surface area contributed by atoms with Crippen LogP contribution in [0.3, 0.4) is 0 Å². The predicted molar refractivity (Wildman–Crippen MR) is 161 cm³/mol. The number of amides is 1. The van der Waals surface area contributed by atoms with Crippen molar-refractivity contribution in [3.63, 3.8) is 0 Å². The molecule has 0 bridgehead atoms. The van der Waals surface area contributed by atoms with Gasteiger partial charge in [-0.05, 0) is 67.8 Å².